The quantitative estimate of drug-likeness (QED) is 0.460. The molecular weight excluding hydrogens is 367 g/mol. The van der Waals surface area contributed by atoms with Gasteiger partial charge in [0.1, 0.15) is 0 Å². The molecule has 0 aliphatic rings. The summed E-state index contributed by atoms with van der Waals surface area (Å²) < 4.78 is 2.06. The number of halogens is 2. The Morgan fingerprint density at radius 2 is 1.59 bits per heavy atom. The van der Waals surface area contributed by atoms with Gasteiger partial charge < -0.3 is 25.2 Å². The van der Waals surface area contributed by atoms with Crippen molar-refractivity contribution in [1.82, 2.24) is 4.57 Å². The van der Waals surface area contributed by atoms with Crippen LogP contribution in [-0.2, 0) is 24.1 Å². The third-order valence-electron chi connectivity index (χ3n) is 1.83. The zero-order chi connectivity index (χ0) is 14.9. The van der Waals surface area contributed by atoms with Crippen LogP contribution >= 0.6 is 18.6 Å². The molecule has 2 rings (SSSR count). The van der Waals surface area contributed by atoms with Crippen LogP contribution in [0.2, 0.25) is 0 Å². The molecule has 0 atom stereocenters. The molecule has 0 bridgehead atoms. The number of aryl methyl sites for hydroxylation is 1. The maximum atomic E-state index is 6.94. The van der Waals surface area contributed by atoms with Crippen molar-refractivity contribution in [2.45, 2.75) is 26.3 Å². The van der Waals surface area contributed by atoms with E-state index in [2.05, 4.69) is 47.3 Å². The molecule has 0 aliphatic heterocycles. The Morgan fingerprint density at radius 3 is 1.86 bits per heavy atom. The Labute approximate surface area is 158 Å². The largest absolute Gasteiger partial charge is 0.0125 e. The number of aromatic nitrogens is 1. The first kappa shape index (κ1) is 30.0. The molecule has 0 spiro atoms. The number of rotatable bonds is 1. The first-order valence-electron chi connectivity index (χ1n) is 5.83. The van der Waals surface area contributed by atoms with Crippen LogP contribution < -0.4 is 0 Å². The zero-order valence-corrected chi connectivity index (χ0v) is 19.8. The second-order valence-corrected chi connectivity index (χ2v) is 7.64. The average molecular weight is 396 g/mol. The Kier molecular flexibility index (Phi) is 21.8. The van der Waals surface area contributed by atoms with Gasteiger partial charge in [0.25, 0.3) is 0 Å². The summed E-state index contributed by atoms with van der Waals surface area (Å²) in [7, 11) is 11.8. The van der Waals surface area contributed by atoms with Gasteiger partial charge >= 0.3 is 35.6 Å². The summed E-state index contributed by atoms with van der Waals surface area (Å²) in [5.74, 6) is 0. The van der Waals surface area contributed by atoms with Crippen LogP contribution in [0.1, 0.15) is 20.8 Å². The summed E-state index contributed by atoms with van der Waals surface area (Å²) in [6, 6.07) is 10.5. The SMILES string of the molecule is CC(C)(C)[NH-].Cn1ccc(-c2cc[cH-]c2)c1.[CH3-].[CH3-].[Cl][Ti+4][Cl].[SiH3]. The molecule has 0 saturated carbocycles. The van der Waals surface area contributed by atoms with Gasteiger partial charge in [-0.05, 0) is 23.2 Å². The third kappa shape index (κ3) is 18.2. The molecule has 0 saturated heterocycles. The van der Waals surface area contributed by atoms with Gasteiger partial charge in [-0.15, -0.1) is 5.54 Å². The predicted octanol–water partition coefficient (Wildman–Crippen LogP) is 5.34. The molecule has 2 nitrogen and oxygen atoms in total. The average Bonchev–Trinajstić information content (AvgIpc) is 2.85. The van der Waals surface area contributed by atoms with Gasteiger partial charge in [0.2, 0.25) is 0 Å². The van der Waals surface area contributed by atoms with Crippen LogP contribution in [0.5, 0.6) is 0 Å². The van der Waals surface area contributed by atoms with Gasteiger partial charge in [-0.3, -0.25) is 0 Å². The van der Waals surface area contributed by atoms with E-state index in [0.29, 0.717) is 0 Å². The normalized spacial score (nSPS) is 8.86. The van der Waals surface area contributed by atoms with Crippen LogP contribution in [0.3, 0.4) is 0 Å². The van der Waals surface area contributed by atoms with Gasteiger partial charge in [-0.2, -0.15) is 23.8 Å². The van der Waals surface area contributed by atoms with E-state index in [4.69, 9.17) is 24.3 Å². The number of hydrogen-bond donors (Lipinski definition) is 0. The predicted molar refractivity (Wildman–Crippen MR) is 105 cm³/mol. The summed E-state index contributed by atoms with van der Waals surface area (Å²) in [6.45, 7) is 5.56. The van der Waals surface area contributed by atoms with Gasteiger partial charge in [-0.25, -0.2) is 6.07 Å². The van der Waals surface area contributed by atoms with Crippen LogP contribution in [0, 0.1) is 14.9 Å². The van der Waals surface area contributed by atoms with Crippen molar-refractivity contribution in [3.8, 4) is 11.1 Å². The molecule has 22 heavy (non-hydrogen) atoms. The summed E-state index contributed by atoms with van der Waals surface area (Å²) in [5.41, 5.74) is 9.27. The van der Waals surface area contributed by atoms with E-state index in [1.807, 2.05) is 27.8 Å². The van der Waals surface area contributed by atoms with E-state index in [0.717, 1.165) is 0 Å². The molecular formula is C16H29Cl2N2SiTi. The minimum Gasteiger partial charge on any atom is -0.0125 e. The maximum absolute atomic E-state index is 6.94. The Morgan fingerprint density at radius 1 is 1.14 bits per heavy atom. The van der Waals surface area contributed by atoms with Crippen molar-refractivity contribution in [2.75, 3.05) is 0 Å². The van der Waals surface area contributed by atoms with E-state index in [-0.39, 0.29) is 31.4 Å². The maximum Gasteiger partial charge on any atom is -0.0125 e. The summed E-state index contributed by atoms with van der Waals surface area (Å²) in [6.07, 6.45) is 4.18. The minimum absolute atomic E-state index is 0. The second-order valence-electron chi connectivity index (χ2n) is 5.06. The molecule has 2 aromatic rings. The molecule has 0 aliphatic carbocycles. The van der Waals surface area contributed by atoms with Gasteiger partial charge in [0.05, 0.1) is 0 Å². The molecule has 1 heterocycles. The van der Waals surface area contributed by atoms with Gasteiger partial charge in [0, 0.05) is 13.2 Å². The molecule has 1 aromatic carbocycles. The van der Waals surface area contributed by atoms with E-state index in [1.165, 1.54) is 11.1 Å². The molecule has 6 heteroatoms. The van der Waals surface area contributed by atoms with Crippen molar-refractivity contribution in [2.24, 2.45) is 7.05 Å². The number of nitrogens with zero attached hydrogens (tertiary/aromatic N) is 1. The molecule has 0 amide bonds. The van der Waals surface area contributed by atoms with E-state index in [1.54, 1.807) is 0 Å². The van der Waals surface area contributed by atoms with Crippen molar-refractivity contribution < 1.29 is 17.0 Å². The fraction of sp³-hybridized carbons (Fsp3) is 0.312. The molecule has 0 unspecified atom stereocenters. The molecule has 0 fully saturated rings. The number of nitrogens with one attached hydrogen (secondary N) is 1. The number of hydrogen-bond acceptors (Lipinski definition) is 0. The van der Waals surface area contributed by atoms with E-state index < -0.39 is 17.0 Å². The minimum atomic E-state index is -0.556. The first-order valence-corrected chi connectivity index (χ1v) is 10.1. The van der Waals surface area contributed by atoms with Crippen molar-refractivity contribution >= 4 is 29.6 Å². The smallest absolute Gasteiger partial charge is 0.0125 e. The standard InChI is InChI=1S/C10H10N.C4H10N.2CH3.2ClH.H3Si.Ti/c1-11-7-6-10(8-11)9-4-2-3-5-9;1-4(2,3)5;;;;;;/h2-8H,1H3;5H,1-3H3;2*1H3;2*1H;1H3;/q4*-1;;;;+6/p-2. The summed E-state index contributed by atoms with van der Waals surface area (Å²) >= 11 is -0.556. The van der Waals surface area contributed by atoms with Crippen LogP contribution in [0.4, 0.5) is 0 Å². The van der Waals surface area contributed by atoms with Crippen molar-refractivity contribution in [1.29, 1.82) is 0 Å². The Balaban J connectivity index is -0.000000129. The van der Waals surface area contributed by atoms with Gasteiger partial charge in [0.15, 0.2) is 0 Å². The summed E-state index contributed by atoms with van der Waals surface area (Å²) in [4.78, 5) is 0. The summed E-state index contributed by atoms with van der Waals surface area (Å²) in [5, 5.41) is 0. The fourth-order valence-electron chi connectivity index (χ4n) is 1.24. The topological polar surface area (TPSA) is 28.7 Å². The molecule has 1 N–H and O–H groups in total. The van der Waals surface area contributed by atoms with Crippen LogP contribution in [0.25, 0.3) is 16.9 Å². The fourth-order valence-corrected chi connectivity index (χ4v) is 1.24. The first-order chi connectivity index (χ1) is 8.77. The zero-order valence-electron chi connectivity index (χ0n) is 14.7. The Bertz CT molecular complexity index is 431. The van der Waals surface area contributed by atoms with Crippen LogP contribution in [0.15, 0.2) is 42.7 Å². The molecule has 1 aromatic heterocycles. The van der Waals surface area contributed by atoms with E-state index >= 15 is 0 Å². The second kappa shape index (κ2) is 16.0. The third-order valence-corrected chi connectivity index (χ3v) is 1.83. The molecule has 1 radical (unpaired) electrons. The Hall–Kier alpha value is 0.101. The van der Waals surface area contributed by atoms with Crippen molar-refractivity contribution in [3.05, 3.63) is 63.3 Å². The monoisotopic (exact) mass is 395 g/mol. The molecule has 125 valence electrons. The van der Waals surface area contributed by atoms with Crippen molar-refractivity contribution in [3.63, 3.8) is 0 Å². The van der Waals surface area contributed by atoms with Gasteiger partial charge in [-0.1, -0.05) is 26.3 Å². The van der Waals surface area contributed by atoms with Crippen LogP contribution in [-0.4, -0.2) is 21.1 Å². The van der Waals surface area contributed by atoms with E-state index in [9.17, 15) is 0 Å².